The van der Waals surface area contributed by atoms with E-state index in [1.54, 1.807) is 21.3 Å². The fourth-order valence-corrected chi connectivity index (χ4v) is 2.96. The fourth-order valence-electron chi connectivity index (χ4n) is 2.96. The van der Waals surface area contributed by atoms with Crippen LogP contribution >= 0.6 is 0 Å². The van der Waals surface area contributed by atoms with E-state index in [-0.39, 0.29) is 0 Å². The Kier molecular flexibility index (Phi) is 8.62. The molecule has 6 nitrogen and oxygen atoms in total. The molecule has 2 aromatic carbocycles. The van der Waals surface area contributed by atoms with Crippen LogP contribution in [0.2, 0.25) is 0 Å². The smallest absolute Gasteiger partial charge is 0.195 e. The summed E-state index contributed by atoms with van der Waals surface area (Å²) < 4.78 is 10.6. The van der Waals surface area contributed by atoms with E-state index in [0.29, 0.717) is 24.0 Å². The molecule has 0 bridgehead atoms. The van der Waals surface area contributed by atoms with Crippen molar-refractivity contribution in [3.63, 3.8) is 0 Å². The minimum atomic E-state index is 0.673. The molecule has 152 valence electrons. The average Bonchev–Trinajstić information content (AvgIpc) is 2.74. The number of anilines is 1. The third-order valence-electron chi connectivity index (χ3n) is 4.62. The summed E-state index contributed by atoms with van der Waals surface area (Å²) in [5.41, 5.74) is 3.42. The molecule has 0 amide bonds. The van der Waals surface area contributed by atoms with Crippen LogP contribution < -0.4 is 20.1 Å². The normalized spacial score (nSPS) is 11.4. The van der Waals surface area contributed by atoms with Crippen molar-refractivity contribution in [3.8, 4) is 11.5 Å². The lowest BCUT2D eigenvalue weighted by atomic mass is 10.1. The predicted molar refractivity (Wildman–Crippen MR) is 116 cm³/mol. The van der Waals surface area contributed by atoms with Crippen LogP contribution in [0.25, 0.3) is 0 Å². The van der Waals surface area contributed by atoms with E-state index in [1.165, 1.54) is 11.1 Å². The Morgan fingerprint density at radius 3 is 2.32 bits per heavy atom. The summed E-state index contributed by atoms with van der Waals surface area (Å²) in [6.07, 6.45) is 0. The molecule has 0 unspecified atom stereocenters. The summed E-state index contributed by atoms with van der Waals surface area (Å²) >= 11 is 0. The first kappa shape index (κ1) is 21.6. The molecule has 2 N–H and O–H groups in total. The van der Waals surface area contributed by atoms with Crippen LogP contribution in [0.3, 0.4) is 0 Å². The summed E-state index contributed by atoms with van der Waals surface area (Å²) in [7, 11) is 5.01. The Morgan fingerprint density at radius 1 is 0.964 bits per heavy atom. The van der Waals surface area contributed by atoms with Gasteiger partial charge in [0.15, 0.2) is 17.5 Å². The zero-order valence-electron chi connectivity index (χ0n) is 17.6. The van der Waals surface area contributed by atoms with E-state index in [1.807, 2.05) is 18.2 Å². The highest BCUT2D eigenvalue weighted by molar-refractivity contribution is 5.93. The van der Waals surface area contributed by atoms with Crippen molar-refractivity contribution in [3.05, 3.63) is 53.6 Å². The Balaban J connectivity index is 1.99. The molecule has 28 heavy (non-hydrogen) atoms. The second-order valence-electron chi connectivity index (χ2n) is 6.40. The van der Waals surface area contributed by atoms with E-state index in [4.69, 9.17) is 9.47 Å². The molecule has 2 rings (SSSR count). The highest BCUT2D eigenvalue weighted by Gasteiger charge is 2.07. The van der Waals surface area contributed by atoms with Crippen molar-refractivity contribution in [1.29, 1.82) is 0 Å². The Bertz CT molecular complexity index is 773. The first-order valence-corrected chi connectivity index (χ1v) is 9.63. The van der Waals surface area contributed by atoms with Crippen LogP contribution in [0.1, 0.15) is 25.0 Å². The summed E-state index contributed by atoms with van der Waals surface area (Å²) in [5, 5.41) is 6.65. The SMILES string of the molecule is CCN(CC)Cc1cccc(CNC(=NC)Nc2ccc(OC)c(OC)c2)c1. The first-order valence-electron chi connectivity index (χ1n) is 9.63. The van der Waals surface area contributed by atoms with Gasteiger partial charge in [0, 0.05) is 31.9 Å². The molecule has 0 radical (unpaired) electrons. The van der Waals surface area contributed by atoms with Gasteiger partial charge in [0.2, 0.25) is 0 Å². The van der Waals surface area contributed by atoms with Gasteiger partial charge in [-0.05, 0) is 36.3 Å². The second-order valence-corrected chi connectivity index (χ2v) is 6.40. The number of methoxy groups -OCH3 is 2. The molecule has 0 saturated heterocycles. The number of rotatable bonds is 9. The Morgan fingerprint density at radius 2 is 1.68 bits per heavy atom. The lowest BCUT2D eigenvalue weighted by Gasteiger charge is -2.18. The quantitative estimate of drug-likeness (QED) is 0.510. The van der Waals surface area contributed by atoms with Crippen molar-refractivity contribution in [2.24, 2.45) is 4.99 Å². The van der Waals surface area contributed by atoms with Gasteiger partial charge in [-0.3, -0.25) is 9.89 Å². The van der Waals surface area contributed by atoms with Gasteiger partial charge in [-0.2, -0.15) is 0 Å². The minimum absolute atomic E-state index is 0.673. The lowest BCUT2D eigenvalue weighted by Crippen LogP contribution is -2.30. The largest absolute Gasteiger partial charge is 0.493 e. The molecule has 0 heterocycles. The molecule has 0 aliphatic rings. The number of aliphatic imine (C=N–C) groups is 1. The minimum Gasteiger partial charge on any atom is -0.493 e. The number of nitrogens with zero attached hydrogens (tertiary/aromatic N) is 2. The summed E-state index contributed by atoms with van der Waals surface area (Å²) in [6, 6.07) is 14.3. The maximum absolute atomic E-state index is 5.36. The molecule has 6 heteroatoms. The van der Waals surface area contributed by atoms with Crippen LogP contribution in [0.15, 0.2) is 47.5 Å². The molecule has 2 aromatic rings. The molecule has 0 aromatic heterocycles. The zero-order valence-corrected chi connectivity index (χ0v) is 17.6. The van der Waals surface area contributed by atoms with Crippen LogP contribution in [-0.4, -0.2) is 45.2 Å². The van der Waals surface area contributed by atoms with Crippen molar-refractivity contribution < 1.29 is 9.47 Å². The zero-order chi connectivity index (χ0) is 20.4. The number of benzene rings is 2. The fraction of sp³-hybridized carbons (Fsp3) is 0.409. The molecular formula is C22H32N4O2. The molecule has 0 atom stereocenters. The van der Waals surface area contributed by atoms with E-state index in [9.17, 15) is 0 Å². The van der Waals surface area contributed by atoms with Gasteiger partial charge >= 0.3 is 0 Å². The monoisotopic (exact) mass is 384 g/mol. The lowest BCUT2D eigenvalue weighted by molar-refractivity contribution is 0.296. The average molecular weight is 385 g/mol. The van der Waals surface area contributed by atoms with Crippen molar-refractivity contribution >= 4 is 11.6 Å². The number of hydrogen-bond acceptors (Lipinski definition) is 4. The first-order chi connectivity index (χ1) is 13.6. The number of hydrogen-bond donors (Lipinski definition) is 2. The van der Waals surface area contributed by atoms with Crippen LogP contribution in [0, 0.1) is 0 Å². The molecule has 0 aliphatic carbocycles. The van der Waals surface area contributed by atoms with Crippen molar-refractivity contribution in [1.82, 2.24) is 10.2 Å². The molecule has 0 fully saturated rings. The van der Waals surface area contributed by atoms with E-state index in [2.05, 4.69) is 58.6 Å². The van der Waals surface area contributed by atoms with E-state index >= 15 is 0 Å². The molecule has 0 aliphatic heterocycles. The summed E-state index contributed by atoms with van der Waals surface area (Å²) in [4.78, 5) is 6.71. The molecule has 0 spiro atoms. The van der Waals surface area contributed by atoms with Gasteiger partial charge in [-0.15, -0.1) is 0 Å². The third kappa shape index (κ3) is 6.16. The topological polar surface area (TPSA) is 58.1 Å². The van der Waals surface area contributed by atoms with Crippen LogP contribution in [0.5, 0.6) is 11.5 Å². The Hall–Kier alpha value is -2.73. The Labute approximate surface area is 168 Å². The number of ether oxygens (including phenoxy) is 2. The van der Waals surface area contributed by atoms with Crippen LogP contribution in [-0.2, 0) is 13.1 Å². The standard InChI is InChI=1S/C22H32N4O2/c1-6-26(7-2)16-18-10-8-9-17(13-18)15-24-22(23-3)25-19-11-12-20(27-4)21(14-19)28-5/h8-14H,6-7,15-16H2,1-5H3,(H2,23,24,25). The summed E-state index contributed by atoms with van der Waals surface area (Å²) in [5.74, 6) is 2.06. The second kappa shape index (κ2) is 11.2. The van der Waals surface area contributed by atoms with Gasteiger partial charge in [0.25, 0.3) is 0 Å². The van der Waals surface area contributed by atoms with Crippen molar-refractivity contribution in [2.75, 3.05) is 39.7 Å². The van der Waals surface area contributed by atoms with Crippen LogP contribution in [0.4, 0.5) is 5.69 Å². The summed E-state index contributed by atoms with van der Waals surface area (Å²) in [6.45, 7) is 8.16. The maximum atomic E-state index is 5.36. The van der Waals surface area contributed by atoms with E-state index < -0.39 is 0 Å². The van der Waals surface area contributed by atoms with Gasteiger partial charge in [-0.25, -0.2) is 0 Å². The number of nitrogens with one attached hydrogen (secondary N) is 2. The highest BCUT2D eigenvalue weighted by atomic mass is 16.5. The third-order valence-corrected chi connectivity index (χ3v) is 4.62. The van der Waals surface area contributed by atoms with E-state index in [0.717, 1.165) is 25.3 Å². The maximum Gasteiger partial charge on any atom is 0.195 e. The molecule has 0 saturated carbocycles. The van der Waals surface area contributed by atoms with Gasteiger partial charge in [0.05, 0.1) is 14.2 Å². The highest BCUT2D eigenvalue weighted by Crippen LogP contribution is 2.29. The van der Waals surface area contributed by atoms with Gasteiger partial charge in [0.1, 0.15) is 0 Å². The van der Waals surface area contributed by atoms with Crippen molar-refractivity contribution in [2.45, 2.75) is 26.9 Å². The number of guanidine groups is 1. The van der Waals surface area contributed by atoms with Gasteiger partial charge < -0.3 is 20.1 Å². The molecular weight excluding hydrogens is 352 g/mol. The van der Waals surface area contributed by atoms with Gasteiger partial charge in [-0.1, -0.05) is 38.1 Å². The predicted octanol–water partition coefficient (Wildman–Crippen LogP) is 3.73.